The number of hydrogen-bond donors (Lipinski definition) is 3. The molecular weight excluding hydrogens is 618 g/mol. The summed E-state index contributed by atoms with van der Waals surface area (Å²) in [6.45, 7) is 14.7. The van der Waals surface area contributed by atoms with Crippen molar-refractivity contribution in [1.29, 1.82) is 0 Å². The lowest BCUT2D eigenvalue weighted by Crippen LogP contribution is -2.35. The highest BCUT2D eigenvalue weighted by molar-refractivity contribution is 5.97. The summed E-state index contributed by atoms with van der Waals surface area (Å²) in [5.41, 5.74) is 3.96. The maximum atomic E-state index is 13.5. The van der Waals surface area contributed by atoms with Crippen LogP contribution in [0.4, 0.5) is 10.5 Å². The number of nitrogens with zero attached hydrogens (tertiary/aromatic N) is 5. The minimum Gasteiger partial charge on any atom is -0.484 e. The van der Waals surface area contributed by atoms with Gasteiger partial charge in [-0.1, -0.05) is 65.8 Å². The molecule has 11 heteroatoms. The van der Waals surface area contributed by atoms with Crippen molar-refractivity contribution in [3.05, 3.63) is 83.1 Å². The zero-order valence-corrected chi connectivity index (χ0v) is 29.5. The van der Waals surface area contributed by atoms with Crippen LogP contribution in [0.3, 0.4) is 0 Å². The molecule has 3 aromatic heterocycles. The van der Waals surface area contributed by atoms with E-state index in [4.69, 9.17) is 9.72 Å². The molecule has 1 fully saturated rings. The molecule has 1 aliphatic carbocycles. The number of aliphatic hydroxyl groups excluding tert-OH is 1. The zero-order chi connectivity index (χ0) is 34.9. The number of anilines is 1. The van der Waals surface area contributed by atoms with Crippen molar-refractivity contribution in [3.63, 3.8) is 0 Å². The van der Waals surface area contributed by atoms with E-state index in [0.717, 1.165) is 53.6 Å². The van der Waals surface area contributed by atoms with E-state index in [1.165, 1.54) is 0 Å². The van der Waals surface area contributed by atoms with Gasteiger partial charge in [-0.05, 0) is 67.6 Å². The number of Topliss-reactive ketones (excluding diaryl/α,β-unsaturated/α-hetero) is 1. The van der Waals surface area contributed by atoms with Crippen molar-refractivity contribution in [2.45, 2.75) is 103 Å². The number of benzene rings is 1. The summed E-state index contributed by atoms with van der Waals surface area (Å²) in [6.07, 6.45) is 4.73. The summed E-state index contributed by atoms with van der Waals surface area (Å²) in [5.74, 6) is 1.54. The molecule has 1 saturated heterocycles. The largest absolute Gasteiger partial charge is 0.484 e. The average molecular weight is 668 g/mol. The number of amides is 2. The van der Waals surface area contributed by atoms with Crippen molar-refractivity contribution < 1.29 is 19.4 Å². The Morgan fingerprint density at radius 2 is 1.73 bits per heavy atom. The van der Waals surface area contributed by atoms with Crippen LogP contribution in [0.5, 0.6) is 5.75 Å². The number of ketones is 1. The van der Waals surface area contributed by atoms with E-state index in [1.807, 2.05) is 67.8 Å². The quantitative estimate of drug-likeness (QED) is 0.172. The minimum atomic E-state index is -0.344. The monoisotopic (exact) mass is 667 g/mol. The highest BCUT2D eigenvalue weighted by Crippen LogP contribution is 2.39. The second-order valence-electron chi connectivity index (χ2n) is 15.5. The first-order chi connectivity index (χ1) is 23.2. The fraction of sp³-hybridized carbons (Fsp3) is 0.500. The lowest BCUT2D eigenvalue weighted by atomic mass is 9.85. The Bertz CT molecular complexity index is 1820. The molecule has 11 nitrogen and oxygen atoms in total. The van der Waals surface area contributed by atoms with Crippen LogP contribution in [-0.2, 0) is 10.8 Å². The molecule has 3 N–H and O–H groups in total. The number of urea groups is 1. The molecule has 0 spiro atoms. The lowest BCUT2D eigenvalue weighted by Gasteiger charge is -2.32. The number of ether oxygens (including phenoxy) is 1. The number of aliphatic hydroxyl groups is 1. The van der Waals surface area contributed by atoms with Crippen LogP contribution < -0.4 is 15.4 Å². The van der Waals surface area contributed by atoms with Crippen LogP contribution in [0.2, 0.25) is 0 Å². The van der Waals surface area contributed by atoms with Gasteiger partial charge in [-0.15, -0.1) is 10.2 Å². The third-order valence-corrected chi connectivity index (χ3v) is 9.33. The van der Waals surface area contributed by atoms with Crippen LogP contribution in [0.1, 0.15) is 119 Å². The molecule has 4 aromatic rings. The molecule has 0 unspecified atom stereocenters. The second-order valence-corrected chi connectivity index (χ2v) is 15.5. The number of fused-ring (bicyclic) bond motifs is 2. The average Bonchev–Trinajstić information content (AvgIpc) is 3.67. The fourth-order valence-corrected chi connectivity index (χ4v) is 6.70. The van der Waals surface area contributed by atoms with Crippen molar-refractivity contribution >= 4 is 23.1 Å². The van der Waals surface area contributed by atoms with Gasteiger partial charge in [-0.2, -0.15) is 0 Å². The Kier molecular flexibility index (Phi) is 9.77. The van der Waals surface area contributed by atoms with E-state index in [2.05, 4.69) is 52.6 Å². The van der Waals surface area contributed by atoms with Crippen LogP contribution in [0, 0.1) is 0 Å². The first kappa shape index (κ1) is 34.5. The molecule has 0 radical (unpaired) electrons. The standard InChI is InChI=1S/C38H49N7O4/c1-37(2,3)33-21-24(20-30(40-33)31(47)12-9-18-44-19-17-25(46)22-44)39-36(48)41-29-14-15-32(28-11-8-7-10-27(28)29)49-26-13-16-34-42-43-35(38(4,5)6)45(34)23-26/h7-8,10-11,13,16,20-21,23,25,29,32,46H,9,12,14-15,17-19,22H2,1-6H3,(H2,39,40,41,48)/t25-,29-,32+/m0/s1. The summed E-state index contributed by atoms with van der Waals surface area (Å²) < 4.78 is 8.55. The molecular formula is C38H49N7O4. The second kappa shape index (κ2) is 13.9. The number of carbonyl (C=O) groups is 2. The number of β-amino-alcohol motifs (C(OH)–C–C–N with tert-alkyl or cyclic N) is 1. The van der Waals surface area contributed by atoms with Gasteiger partial charge in [0.05, 0.1) is 18.3 Å². The molecule has 2 amide bonds. The molecule has 4 heterocycles. The molecule has 260 valence electrons. The van der Waals surface area contributed by atoms with Gasteiger partial charge in [-0.3, -0.25) is 9.20 Å². The van der Waals surface area contributed by atoms with Crippen LogP contribution in [-0.4, -0.2) is 67.1 Å². The topological polar surface area (TPSA) is 134 Å². The van der Waals surface area contributed by atoms with Crippen molar-refractivity contribution in [3.8, 4) is 5.75 Å². The third kappa shape index (κ3) is 8.11. The number of pyridine rings is 2. The number of aromatic nitrogens is 4. The van der Waals surface area contributed by atoms with Gasteiger partial charge in [0, 0.05) is 41.7 Å². The Labute approximate surface area is 288 Å². The van der Waals surface area contributed by atoms with E-state index in [0.29, 0.717) is 43.6 Å². The van der Waals surface area contributed by atoms with E-state index in [1.54, 1.807) is 6.07 Å². The normalized spacial score (nSPS) is 19.9. The SMILES string of the molecule is CC(C)(C)c1cc(NC(=O)N[C@H]2CC[C@@H](Oc3ccc4nnc(C(C)(C)C)n4c3)c3ccccc32)cc(C(=O)CCCN2CC[C@H](O)C2)n1. The Balaban J connectivity index is 1.13. The maximum Gasteiger partial charge on any atom is 0.319 e. The molecule has 1 aromatic carbocycles. The Hall–Kier alpha value is -4.35. The summed E-state index contributed by atoms with van der Waals surface area (Å²) in [6, 6.07) is 14.9. The summed E-state index contributed by atoms with van der Waals surface area (Å²) in [5, 5.41) is 24.7. The van der Waals surface area contributed by atoms with Gasteiger partial charge in [0.2, 0.25) is 0 Å². The van der Waals surface area contributed by atoms with Gasteiger partial charge in [0.15, 0.2) is 11.4 Å². The Morgan fingerprint density at radius 3 is 2.45 bits per heavy atom. The van der Waals surface area contributed by atoms with E-state index in [9.17, 15) is 14.7 Å². The van der Waals surface area contributed by atoms with Crippen LogP contribution in [0.25, 0.3) is 5.65 Å². The van der Waals surface area contributed by atoms with Gasteiger partial charge in [0.1, 0.15) is 23.4 Å². The minimum absolute atomic E-state index is 0.0559. The molecule has 1 aliphatic heterocycles. The molecule has 0 saturated carbocycles. The predicted molar refractivity (Wildman–Crippen MR) is 189 cm³/mol. The lowest BCUT2D eigenvalue weighted by molar-refractivity contribution is 0.0970. The maximum absolute atomic E-state index is 13.5. The molecule has 49 heavy (non-hydrogen) atoms. The molecule has 3 atom stereocenters. The third-order valence-electron chi connectivity index (χ3n) is 9.33. The number of rotatable bonds is 9. The van der Waals surface area contributed by atoms with Crippen molar-refractivity contribution in [2.75, 3.05) is 25.0 Å². The van der Waals surface area contributed by atoms with Gasteiger partial charge in [-0.25, -0.2) is 9.78 Å². The van der Waals surface area contributed by atoms with E-state index in [-0.39, 0.29) is 40.9 Å². The molecule has 0 bridgehead atoms. The molecule has 2 aliphatic rings. The predicted octanol–water partition coefficient (Wildman–Crippen LogP) is 6.53. The number of carbonyl (C=O) groups excluding carboxylic acids is 2. The highest BCUT2D eigenvalue weighted by Gasteiger charge is 2.30. The summed E-state index contributed by atoms with van der Waals surface area (Å²) in [7, 11) is 0. The summed E-state index contributed by atoms with van der Waals surface area (Å²) >= 11 is 0. The molecule has 6 rings (SSSR count). The highest BCUT2D eigenvalue weighted by atomic mass is 16.5. The van der Waals surface area contributed by atoms with Gasteiger partial charge in [0.25, 0.3) is 0 Å². The fourth-order valence-electron chi connectivity index (χ4n) is 6.70. The smallest absolute Gasteiger partial charge is 0.319 e. The number of nitrogens with one attached hydrogen (secondary N) is 2. The van der Waals surface area contributed by atoms with Crippen molar-refractivity contribution in [1.82, 2.24) is 29.8 Å². The van der Waals surface area contributed by atoms with Gasteiger partial charge >= 0.3 is 6.03 Å². The number of hydrogen-bond acceptors (Lipinski definition) is 8. The first-order valence-electron chi connectivity index (χ1n) is 17.4. The number of likely N-dealkylation sites (tertiary alicyclic amines) is 1. The van der Waals surface area contributed by atoms with Crippen LogP contribution >= 0.6 is 0 Å². The van der Waals surface area contributed by atoms with Crippen molar-refractivity contribution in [2.24, 2.45) is 0 Å². The zero-order valence-electron chi connectivity index (χ0n) is 29.5. The Morgan fingerprint density at radius 1 is 0.959 bits per heavy atom. The van der Waals surface area contributed by atoms with E-state index < -0.39 is 0 Å². The van der Waals surface area contributed by atoms with Crippen LogP contribution in [0.15, 0.2) is 54.7 Å². The van der Waals surface area contributed by atoms with E-state index >= 15 is 0 Å². The first-order valence-corrected chi connectivity index (χ1v) is 17.4. The van der Waals surface area contributed by atoms with Gasteiger partial charge < -0.3 is 25.4 Å². The summed E-state index contributed by atoms with van der Waals surface area (Å²) in [4.78, 5) is 33.6.